The number of rotatable bonds is 2. The lowest BCUT2D eigenvalue weighted by Crippen LogP contribution is -2.24. The Morgan fingerprint density at radius 3 is 2.80 bits per heavy atom. The molecule has 0 aromatic carbocycles. The van der Waals surface area contributed by atoms with Crippen molar-refractivity contribution in [1.29, 1.82) is 0 Å². The summed E-state index contributed by atoms with van der Waals surface area (Å²) in [6.45, 7) is 1.84. The van der Waals surface area contributed by atoms with Gasteiger partial charge in [-0.1, -0.05) is 15.9 Å². The highest BCUT2D eigenvalue weighted by Gasteiger charge is 1.81. The van der Waals surface area contributed by atoms with Crippen LogP contribution in [-0.4, -0.2) is 12.2 Å². The van der Waals surface area contributed by atoms with Crippen LogP contribution in [0.4, 0.5) is 4.79 Å². The zero-order valence-electron chi connectivity index (χ0n) is 5.47. The second-order valence-electron chi connectivity index (χ2n) is 1.51. The highest BCUT2D eigenvalue weighted by Crippen LogP contribution is 1.98. The Hall–Kier alpha value is -0.840. The highest BCUT2D eigenvalue weighted by atomic mass is 79.9. The number of urea groups is 1. The van der Waals surface area contributed by atoms with Crippen molar-refractivity contribution in [3.8, 4) is 0 Å². The number of allylic oxidation sites excluding steroid dienone is 2. The van der Waals surface area contributed by atoms with Gasteiger partial charge in [-0.15, -0.1) is 0 Å². The van der Waals surface area contributed by atoms with Gasteiger partial charge in [-0.2, -0.15) is 5.10 Å². The summed E-state index contributed by atoms with van der Waals surface area (Å²) in [6.07, 6.45) is 3.10. The Kier molecular flexibility index (Phi) is 4.57. The molecule has 0 saturated carbocycles. The summed E-state index contributed by atoms with van der Waals surface area (Å²) in [6, 6.07) is -0.670. The zero-order valence-corrected chi connectivity index (χ0v) is 7.05. The average Bonchev–Trinajstić information content (AvgIpc) is 1.79. The predicted molar refractivity (Wildman–Crippen MR) is 43.9 cm³/mol. The minimum atomic E-state index is -0.670. The molecule has 0 rings (SSSR count). The van der Waals surface area contributed by atoms with Crippen molar-refractivity contribution in [3.63, 3.8) is 0 Å². The van der Waals surface area contributed by atoms with Gasteiger partial charge in [-0.3, -0.25) is 0 Å². The largest absolute Gasteiger partial charge is 0.350 e. The van der Waals surface area contributed by atoms with Gasteiger partial charge in [-0.25, -0.2) is 10.2 Å². The van der Waals surface area contributed by atoms with Crippen LogP contribution in [0.1, 0.15) is 6.92 Å². The fourth-order valence-corrected chi connectivity index (χ4v) is 0.359. The van der Waals surface area contributed by atoms with Gasteiger partial charge in [0.15, 0.2) is 0 Å². The number of halogens is 1. The van der Waals surface area contributed by atoms with E-state index in [1.54, 1.807) is 6.08 Å². The SMILES string of the molecule is C/C(Br)=C/C=N/NC(N)=O. The summed E-state index contributed by atoms with van der Waals surface area (Å²) >= 11 is 3.17. The molecule has 0 fully saturated rings. The Balaban J connectivity index is 3.58. The van der Waals surface area contributed by atoms with Crippen molar-refractivity contribution in [1.82, 2.24) is 5.43 Å². The smallest absolute Gasteiger partial charge is 0.332 e. The fourth-order valence-electron chi connectivity index (χ4n) is 0.241. The number of carbonyl (C=O) groups is 1. The van der Waals surface area contributed by atoms with Crippen LogP contribution in [0.2, 0.25) is 0 Å². The van der Waals surface area contributed by atoms with Crippen LogP contribution in [0, 0.1) is 0 Å². The quantitative estimate of drug-likeness (QED) is 0.512. The van der Waals surface area contributed by atoms with E-state index in [1.165, 1.54) is 6.21 Å². The van der Waals surface area contributed by atoms with Gasteiger partial charge in [0.05, 0.1) is 0 Å². The van der Waals surface area contributed by atoms with Crippen LogP contribution in [0.3, 0.4) is 0 Å². The van der Waals surface area contributed by atoms with E-state index in [4.69, 9.17) is 5.73 Å². The van der Waals surface area contributed by atoms with E-state index in [9.17, 15) is 4.79 Å². The van der Waals surface area contributed by atoms with Gasteiger partial charge < -0.3 is 5.73 Å². The third-order valence-corrected chi connectivity index (χ3v) is 0.818. The zero-order chi connectivity index (χ0) is 7.98. The molecule has 0 spiro atoms. The Labute approximate surface area is 67.3 Å². The number of nitrogens with two attached hydrogens (primary N) is 1. The number of hydrazone groups is 1. The highest BCUT2D eigenvalue weighted by molar-refractivity contribution is 9.11. The van der Waals surface area contributed by atoms with Crippen molar-refractivity contribution in [2.24, 2.45) is 10.8 Å². The molecule has 56 valence electrons. The van der Waals surface area contributed by atoms with Crippen LogP contribution in [0.25, 0.3) is 0 Å². The van der Waals surface area contributed by atoms with Gasteiger partial charge >= 0.3 is 6.03 Å². The van der Waals surface area contributed by atoms with E-state index in [0.29, 0.717) is 0 Å². The van der Waals surface area contributed by atoms with Crippen molar-refractivity contribution in [2.45, 2.75) is 6.92 Å². The minimum absolute atomic E-state index is 0.670. The molecule has 0 atom stereocenters. The summed E-state index contributed by atoms with van der Waals surface area (Å²) in [7, 11) is 0. The van der Waals surface area contributed by atoms with Gasteiger partial charge in [0.25, 0.3) is 0 Å². The standard InChI is InChI=1S/C5H8BrN3O/c1-4(6)2-3-8-9-5(7)10/h2-3H,1H3,(H3,7,9,10)/b4-2-,8-3+. The molecule has 0 unspecified atom stereocenters. The van der Waals surface area contributed by atoms with Crippen molar-refractivity contribution in [3.05, 3.63) is 10.6 Å². The third-order valence-electron chi connectivity index (χ3n) is 0.553. The minimum Gasteiger partial charge on any atom is -0.350 e. The molecule has 0 saturated heterocycles. The maximum atomic E-state index is 10.0. The average molecular weight is 206 g/mol. The van der Waals surface area contributed by atoms with Crippen molar-refractivity contribution >= 4 is 28.2 Å². The number of hydrogen-bond donors (Lipinski definition) is 2. The molecule has 0 aliphatic rings. The van der Waals surface area contributed by atoms with Gasteiger partial charge in [0.1, 0.15) is 0 Å². The van der Waals surface area contributed by atoms with Crippen LogP contribution in [-0.2, 0) is 0 Å². The number of nitrogens with zero attached hydrogens (tertiary/aromatic N) is 1. The lowest BCUT2D eigenvalue weighted by Gasteiger charge is -1.86. The first-order valence-electron chi connectivity index (χ1n) is 2.54. The van der Waals surface area contributed by atoms with Gasteiger partial charge in [0, 0.05) is 6.21 Å². The molecule has 0 radical (unpaired) electrons. The maximum absolute atomic E-state index is 10.0. The van der Waals surface area contributed by atoms with Crippen molar-refractivity contribution in [2.75, 3.05) is 0 Å². The first-order valence-corrected chi connectivity index (χ1v) is 3.33. The summed E-state index contributed by atoms with van der Waals surface area (Å²) < 4.78 is 0.919. The molecular formula is C5H8BrN3O. The summed E-state index contributed by atoms with van der Waals surface area (Å²) in [5.74, 6) is 0. The van der Waals surface area contributed by atoms with Crippen LogP contribution < -0.4 is 11.2 Å². The molecule has 0 heterocycles. The number of nitrogens with one attached hydrogen (secondary N) is 1. The van der Waals surface area contributed by atoms with Crippen LogP contribution in [0.5, 0.6) is 0 Å². The number of hydrogen-bond acceptors (Lipinski definition) is 2. The molecular weight excluding hydrogens is 198 g/mol. The van der Waals surface area contributed by atoms with Crippen LogP contribution in [0.15, 0.2) is 15.7 Å². The summed E-state index contributed by atoms with van der Waals surface area (Å²) in [5.41, 5.74) is 6.76. The number of primary amides is 1. The first kappa shape index (κ1) is 9.16. The van der Waals surface area contributed by atoms with E-state index in [2.05, 4.69) is 21.0 Å². The van der Waals surface area contributed by atoms with Crippen molar-refractivity contribution < 1.29 is 4.79 Å². The van der Waals surface area contributed by atoms with Gasteiger partial charge in [-0.05, 0) is 17.5 Å². The monoisotopic (exact) mass is 205 g/mol. The fraction of sp³-hybridized carbons (Fsp3) is 0.200. The lowest BCUT2D eigenvalue weighted by atomic mass is 10.6. The summed E-state index contributed by atoms with van der Waals surface area (Å²) in [5, 5.41) is 3.46. The number of amides is 2. The summed E-state index contributed by atoms with van der Waals surface area (Å²) in [4.78, 5) is 10.0. The lowest BCUT2D eigenvalue weighted by molar-refractivity contribution is 0.249. The van der Waals surface area contributed by atoms with E-state index in [-0.39, 0.29) is 0 Å². The first-order chi connectivity index (χ1) is 4.63. The molecule has 0 aliphatic heterocycles. The molecule has 5 heteroatoms. The van der Waals surface area contributed by atoms with E-state index in [1.807, 2.05) is 12.3 Å². The normalized spacial score (nSPS) is 12.0. The molecule has 10 heavy (non-hydrogen) atoms. The molecule has 2 amide bonds. The third kappa shape index (κ3) is 7.16. The molecule has 0 aromatic heterocycles. The predicted octanol–water partition coefficient (Wildman–Crippen LogP) is 0.939. The Bertz CT molecular complexity index is 172. The Morgan fingerprint density at radius 1 is 1.80 bits per heavy atom. The molecule has 0 aromatic rings. The maximum Gasteiger partial charge on any atom is 0.332 e. The number of carbonyl (C=O) groups excluding carboxylic acids is 1. The topological polar surface area (TPSA) is 67.5 Å². The van der Waals surface area contributed by atoms with Gasteiger partial charge in [0.2, 0.25) is 0 Å². The van der Waals surface area contributed by atoms with E-state index < -0.39 is 6.03 Å². The van der Waals surface area contributed by atoms with Crippen LogP contribution >= 0.6 is 15.9 Å². The second kappa shape index (κ2) is 4.99. The molecule has 0 aliphatic carbocycles. The molecule has 0 bridgehead atoms. The molecule has 4 nitrogen and oxygen atoms in total. The van der Waals surface area contributed by atoms with E-state index >= 15 is 0 Å². The molecule has 3 N–H and O–H groups in total. The van der Waals surface area contributed by atoms with E-state index in [0.717, 1.165) is 4.48 Å². The second-order valence-corrected chi connectivity index (χ2v) is 2.76. The Morgan fingerprint density at radius 2 is 2.40 bits per heavy atom.